The van der Waals surface area contributed by atoms with Crippen LogP contribution >= 0.6 is 11.6 Å². The third-order valence-corrected chi connectivity index (χ3v) is 3.75. The number of hydrogen-bond donors (Lipinski definition) is 0. The Kier molecular flexibility index (Phi) is 6.27. The summed E-state index contributed by atoms with van der Waals surface area (Å²) in [6.45, 7) is 2.10. The Bertz CT molecular complexity index is 895. The van der Waals surface area contributed by atoms with Gasteiger partial charge in [0.15, 0.2) is 13.2 Å². The van der Waals surface area contributed by atoms with E-state index in [2.05, 4.69) is 10.2 Å². The fourth-order valence-corrected chi connectivity index (χ4v) is 2.40. The van der Waals surface area contributed by atoms with E-state index in [9.17, 15) is 4.79 Å². The van der Waals surface area contributed by atoms with Gasteiger partial charge in [0.1, 0.15) is 11.5 Å². The van der Waals surface area contributed by atoms with E-state index in [0.717, 1.165) is 5.75 Å². The van der Waals surface area contributed by atoms with E-state index >= 15 is 0 Å². The van der Waals surface area contributed by atoms with Gasteiger partial charge in [0.05, 0.1) is 17.2 Å². The van der Waals surface area contributed by atoms with Crippen molar-refractivity contribution in [1.29, 1.82) is 0 Å². The number of aromatic nitrogens is 2. The van der Waals surface area contributed by atoms with Crippen molar-refractivity contribution in [1.82, 2.24) is 10.2 Å². The maximum Gasteiger partial charge on any atom is 0.344 e. The van der Waals surface area contributed by atoms with Gasteiger partial charge < -0.3 is 18.6 Å². The van der Waals surface area contributed by atoms with E-state index in [1.54, 1.807) is 42.5 Å². The second kappa shape index (κ2) is 9.05. The molecule has 0 unspecified atom stereocenters. The molecule has 3 aromatic rings. The van der Waals surface area contributed by atoms with Crippen LogP contribution in [0, 0.1) is 0 Å². The Morgan fingerprint density at radius 3 is 2.44 bits per heavy atom. The molecule has 0 saturated carbocycles. The summed E-state index contributed by atoms with van der Waals surface area (Å²) in [5, 5.41) is 8.24. The van der Waals surface area contributed by atoms with Crippen molar-refractivity contribution < 1.29 is 23.4 Å². The van der Waals surface area contributed by atoms with Crippen molar-refractivity contribution >= 4 is 17.6 Å². The Morgan fingerprint density at radius 1 is 1.04 bits per heavy atom. The number of halogens is 1. The zero-order valence-electron chi connectivity index (χ0n) is 14.6. The van der Waals surface area contributed by atoms with E-state index in [1.165, 1.54) is 0 Å². The predicted octanol–water partition coefficient (Wildman–Crippen LogP) is 3.91. The van der Waals surface area contributed by atoms with Gasteiger partial charge >= 0.3 is 5.97 Å². The average Bonchev–Trinajstić information content (AvgIpc) is 3.15. The first-order valence-electron chi connectivity index (χ1n) is 8.24. The molecule has 0 amide bonds. The molecule has 8 heteroatoms. The normalized spacial score (nSPS) is 10.4. The van der Waals surface area contributed by atoms with E-state index in [4.69, 9.17) is 30.2 Å². The van der Waals surface area contributed by atoms with Crippen molar-refractivity contribution in [2.75, 3.05) is 13.2 Å². The van der Waals surface area contributed by atoms with Crippen molar-refractivity contribution in [2.45, 2.75) is 13.5 Å². The van der Waals surface area contributed by atoms with Crippen LogP contribution in [0.5, 0.6) is 11.5 Å². The van der Waals surface area contributed by atoms with Gasteiger partial charge in [-0.05, 0) is 43.3 Å². The lowest BCUT2D eigenvalue weighted by Crippen LogP contribution is -2.14. The zero-order valence-corrected chi connectivity index (χ0v) is 15.3. The van der Waals surface area contributed by atoms with Crippen LogP contribution in [0.1, 0.15) is 12.8 Å². The largest absolute Gasteiger partial charge is 0.494 e. The highest BCUT2D eigenvalue weighted by molar-refractivity contribution is 6.33. The summed E-state index contributed by atoms with van der Waals surface area (Å²) in [6.07, 6.45) is 0. The summed E-state index contributed by atoms with van der Waals surface area (Å²) < 4.78 is 21.2. The number of carbonyl (C=O) groups excluding carboxylic acids is 1. The fraction of sp³-hybridized carbons (Fsp3) is 0.211. The summed E-state index contributed by atoms with van der Waals surface area (Å²) in [5.74, 6) is 1.14. The molecule has 0 spiro atoms. The van der Waals surface area contributed by atoms with Gasteiger partial charge in [-0.3, -0.25) is 0 Å². The molecule has 1 aromatic heterocycles. The van der Waals surface area contributed by atoms with Gasteiger partial charge in [0, 0.05) is 0 Å². The summed E-state index contributed by atoms with van der Waals surface area (Å²) in [4.78, 5) is 11.8. The van der Waals surface area contributed by atoms with Crippen LogP contribution in [0.25, 0.3) is 11.5 Å². The van der Waals surface area contributed by atoms with Crippen LogP contribution in [0.4, 0.5) is 0 Å². The molecular formula is C19H17ClN2O5. The number of carbonyl (C=O) groups is 1. The second-order valence-electron chi connectivity index (χ2n) is 5.33. The molecule has 27 heavy (non-hydrogen) atoms. The SMILES string of the molecule is CCOc1ccc(OCC(=O)OCc2nnc(-c3ccccc3Cl)o2)cc1. The van der Waals surface area contributed by atoms with Crippen LogP contribution in [-0.2, 0) is 16.1 Å². The molecule has 0 N–H and O–H groups in total. The minimum atomic E-state index is -0.554. The molecule has 0 aliphatic carbocycles. The first-order valence-corrected chi connectivity index (χ1v) is 8.62. The minimum Gasteiger partial charge on any atom is -0.494 e. The van der Waals surface area contributed by atoms with Gasteiger partial charge in [-0.2, -0.15) is 0 Å². The van der Waals surface area contributed by atoms with Gasteiger partial charge in [-0.25, -0.2) is 4.79 Å². The van der Waals surface area contributed by atoms with Crippen LogP contribution < -0.4 is 9.47 Å². The molecular weight excluding hydrogens is 372 g/mol. The predicted molar refractivity (Wildman–Crippen MR) is 97.6 cm³/mol. The van der Waals surface area contributed by atoms with E-state index in [1.807, 2.05) is 13.0 Å². The number of rotatable bonds is 8. The van der Waals surface area contributed by atoms with Crippen molar-refractivity contribution in [3.8, 4) is 23.0 Å². The third kappa shape index (κ3) is 5.21. The number of benzene rings is 2. The zero-order chi connectivity index (χ0) is 19.1. The molecule has 0 fully saturated rings. The van der Waals surface area contributed by atoms with Gasteiger partial charge in [-0.1, -0.05) is 23.7 Å². The summed E-state index contributed by atoms with van der Waals surface area (Å²) in [5.41, 5.74) is 0.614. The Morgan fingerprint density at radius 2 is 1.74 bits per heavy atom. The van der Waals surface area contributed by atoms with E-state index < -0.39 is 5.97 Å². The van der Waals surface area contributed by atoms with Gasteiger partial charge in [0.25, 0.3) is 5.89 Å². The smallest absolute Gasteiger partial charge is 0.344 e. The minimum absolute atomic E-state index is 0.150. The lowest BCUT2D eigenvalue weighted by Gasteiger charge is -2.07. The molecule has 0 aliphatic rings. The summed E-state index contributed by atoms with van der Waals surface area (Å²) in [7, 11) is 0. The molecule has 140 valence electrons. The van der Waals surface area contributed by atoms with Crippen LogP contribution in [-0.4, -0.2) is 29.4 Å². The Labute approximate surface area is 160 Å². The van der Waals surface area contributed by atoms with Crippen molar-refractivity contribution in [3.05, 3.63) is 59.4 Å². The standard InChI is InChI=1S/C19H17ClN2O5/c1-2-24-13-7-9-14(10-8-13)25-12-18(23)26-11-17-21-22-19(27-17)15-5-3-4-6-16(15)20/h3-10H,2,11-12H2,1H3. The third-order valence-electron chi connectivity index (χ3n) is 3.42. The molecule has 3 rings (SSSR count). The maximum atomic E-state index is 11.8. The highest BCUT2D eigenvalue weighted by Crippen LogP contribution is 2.26. The molecule has 7 nitrogen and oxygen atoms in total. The maximum absolute atomic E-state index is 11.8. The van der Waals surface area contributed by atoms with Crippen molar-refractivity contribution in [3.63, 3.8) is 0 Å². The Balaban J connectivity index is 1.47. The highest BCUT2D eigenvalue weighted by atomic mass is 35.5. The van der Waals surface area contributed by atoms with Gasteiger partial charge in [-0.15, -0.1) is 10.2 Å². The molecule has 0 aliphatic heterocycles. The highest BCUT2D eigenvalue weighted by Gasteiger charge is 2.13. The van der Waals surface area contributed by atoms with Crippen LogP contribution in [0.3, 0.4) is 0 Å². The average molecular weight is 389 g/mol. The first kappa shape index (κ1) is 18.7. The molecule has 0 atom stereocenters. The van der Waals surface area contributed by atoms with Gasteiger partial charge in [0.2, 0.25) is 5.89 Å². The van der Waals surface area contributed by atoms with Crippen LogP contribution in [0.2, 0.25) is 5.02 Å². The molecule has 2 aromatic carbocycles. The monoisotopic (exact) mass is 388 g/mol. The van der Waals surface area contributed by atoms with Crippen LogP contribution in [0.15, 0.2) is 52.9 Å². The fourth-order valence-electron chi connectivity index (χ4n) is 2.18. The summed E-state index contributed by atoms with van der Waals surface area (Å²) in [6, 6.07) is 14.0. The molecule has 1 heterocycles. The number of nitrogens with zero attached hydrogens (tertiary/aromatic N) is 2. The Hall–Kier alpha value is -3.06. The second-order valence-corrected chi connectivity index (χ2v) is 5.74. The van der Waals surface area contributed by atoms with Crippen molar-refractivity contribution in [2.24, 2.45) is 0 Å². The quantitative estimate of drug-likeness (QED) is 0.541. The first-order chi connectivity index (χ1) is 13.2. The summed E-state index contributed by atoms with van der Waals surface area (Å²) >= 11 is 6.08. The lowest BCUT2D eigenvalue weighted by molar-refractivity contribution is -0.148. The number of esters is 1. The topological polar surface area (TPSA) is 83.7 Å². The molecule has 0 bridgehead atoms. The van der Waals surface area contributed by atoms with E-state index in [0.29, 0.717) is 22.9 Å². The number of hydrogen-bond acceptors (Lipinski definition) is 7. The number of ether oxygens (including phenoxy) is 3. The molecule has 0 radical (unpaired) electrons. The van der Waals surface area contributed by atoms with E-state index in [-0.39, 0.29) is 25.0 Å². The lowest BCUT2D eigenvalue weighted by atomic mass is 10.2. The molecule has 0 saturated heterocycles.